The number of carbonyl (C=O) groups is 1. The molecule has 0 aliphatic heterocycles. The van der Waals surface area contributed by atoms with Gasteiger partial charge in [0.2, 0.25) is 0 Å². The van der Waals surface area contributed by atoms with Crippen molar-refractivity contribution in [3.63, 3.8) is 0 Å². The van der Waals surface area contributed by atoms with E-state index in [9.17, 15) is 4.79 Å². The van der Waals surface area contributed by atoms with Gasteiger partial charge in [-0.1, -0.05) is 78.9 Å². The van der Waals surface area contributed by atoms with Crippen molar-refractivity contribution in [1.29, 1.82) is 0 Å². The van der Waals surface area contributed by atoms with E-state index in [1.165, 1.54) is 39.0 Å². The number of ether oxygens (including phenoxy) is 1. The molecule has 0 fully saturated rings. The van der Waals surface area contributed by atoms with Gasteiger partial charge >= 0.3 is 5.97 Å². The van der Waals surface area contributed by atoms with Gasteiger partial charge in [-0.15, -0.1) is 11.8 Å². The SMILES string of the molecule is Cc1cc(SC/C=C2\c3ccccc3CCc3cc(-c4ccccc4)ccc32)ccc1OCC(=O)O. The molecule has 4 heteroatoms. The van der Waals surface area contributed by atoms with Crippen molar-refractivity contribution >= 4 is 23.3 Å². The third-order valence-electron chi connectivity index (χ3n) is 6.51. The van der Waals surface area contributed by atoms with Gasteiger partial charge in [0.05, 0.1) is 0 Å². The van der Waals surface area contributed by atoms with E-state index in [1.54, 1.807) is 11.8 Å². The van der Waals surface area contributed by atoms with E-state index in [0.29, 0.717) is 5.75 Å². The zero-order valence-corrected chi connectivity index (χ0v) is 21.1. The normalized spacial score (nSPS) is 13.5. The van der Waals surface area contributed by atoms with Gasteiger partial charge in [0, 0.05) is 10.6 Å². The second-order valence-corrected chi connectivity index (χ2v) is 10.0. The Morgan fingerprint density at radius 3 is 2.42 bits per heavy atom. The third kappa shape index (κ3) is 5.39. The summed E-state index contributed by atoms with van der Waals surface area (Å²) in [6.45, 7) is 1.62. The number of rotatable bonds is 7. The lowest BCUT2D eigenvalue weighted by Gasteiger charge is -2.14. The summed E-state index contributed by atoms with van der Waals surface area (Å²) in [6.07, 6.45) is 4.40. The van der Waals surface area contributed by atoms with Crippen LogP contribution in [0.3, 0.4) is 0 Å². The van der Waals surface area contributed by atoms with E-state index in [4.69, 9.17) is 9.84 Å². The lowest BCUT2D eigenvalue weighted by atomic mass is 9.92. The summed E-state index contributed by atoms with van der Waals surface area (Å²) in [5.74, 6) is 0.471. The van der Waals surface area contributed by atoms with Crippen LogP contribution in [0.4, 0.5) is 0 Å². The highest BCUT2D eigenvalue weighted by molar-refractivity contribution is 7.99. The molecule has 1 N–H and O–H groups in total. The van der Waals surface area contributed by atoms with Gasteiger partial charge in [0.15, 0.2) is 6.61 Å². The molecule has 1 aliphatic rings. The minimum atomic E-state index is -0.973. The highest BCUT2D eigenvalue weighted by Gasteiger charge is 2.18. The van der Waals surface area contributed by atoms with E-state index in [2.05, 4.69) is 84.9 Å². The number of aliphatic carboxylic acids is 1. The molecule has 0 radical (unpaired) electrons. The number of benzene rings is 4. The van der Waals surface area contributed by atoms with Crippen LogP contribution in [0, 0.1) is 6.92 Å². The second kappa shape index (κ2) is 10.9. The first-order valence-electron chi connectivity index (χ1n) is 12.1. The Labute approximate surface area is 216 Å². The minimum Gasteiger partial charge on any atom is -0.482 e. The van der Waals surface area contributed by atoms with E-state index in [1.807, 2.05) is 19.1 Å². The van der Waals surface area contributed by atoms with Crippen LogP contribution >= 0.6 is 11.8 Å². The molecular formula is C32H28O3S. The molecule has 1 aliphatic carbocycles. The van der Waals surface area contributed by atoms with Crippen LogP contribution in [0.2, 0.25) is 0 Å². The second-order valence-electron chi connectivity index (χ2n) is 8.93. The molecular weight excluding hydrogens is 464 g/mol. The standard InChI is InChI=1S/C32H28O3S/c1-22-19-27(14-16-31(22)35-21-32(33)34)36-18-17-30-28-10-6-5-9-24(28)11-12-26-20-25(13-15-29(26)30)23-7-3-2-4-8-23/h2-10,13-17,19-20H,11-12,18,21H2,1H3,(H,33,34)/b30-17+. The maximum atomic E-state index is 10.8. The first-order valence-corrected chi connectivity index (χ1v) is 13.1. The average Bonchev–Trinajstić information content (AvgIpc) is 3.05. The van der Waals surface area contributed by atoms with Gasteiger partial charge in [-0.05, 0) is 82.5 Å². The molecule has 0 saturated heterocycles. The topological polar surface area (TPSA) is 46.5 Å². The van der Waals surface area contributed by atoms with E-state index >= 15 is 0 Å². The summed E-state index contributed by atoms with van der Waals surface area (Å²) < 4.78 is 5.37. The highest BCUT2D eigenvalue weighted by atomic mass is 32.2. The van der Waals surface area contributed by atoms with Gasteiger partial charge in [0.25, 0.3) is 0 Å². The number of fused-ring (bicyclic) bond motifs is 2. The Bertz CT molecular complexity index is 1420. The van der Waals surface area contributed by atoms with Gasteiger partial charge < -0.3 is 9.84 Å². The van der Waals surface area contributed by atoms with E-state index in [0.717, 1.165) is 29.1 Å². The zero-order chi connectivity index (χ0) is 24.9. The maximum absolute atomic E-state index is 10.8. The Morgan fingerprint density at radius 1 is 0.861 bits per heavy atom. The molecule has 0 amide bonds. The van der Waals surface area contributed by atoms with Crippen molar-refractivity contribution in [2.45, 2.75) is 24.7 Å². The molecule has 5 rings (SSSR count). The number of aryl methyl sites for hydroxylation is 3. The predicted molar refractivity (Wildman–Crippen MR) is 148 cm³/mol. The lowest BCUT2D eigenvalue weighted by molar-refractivity contribution is -0.139. The van der Waals surface area contributed by atoms with Crippen LogP contribution < -0.4 is 4.74 Å². The average molecular weight is 493 g/mol. The number of thioether (sulfide) groups is 1. The Morgan fingerprint density at radius 2 is 1.61 bits per heavy atom. The smallest absolute Gasteiger partial charge is 0.341 e. The largest absolute Gasteiger partial charge is 0.482 e. The van der Waals surface area contributed by atoms with Crippen LogP contribution in [0.15, 0.2) is 102 Å². The maximum Gasteiger partial charge on any atom is 0.341 e. The monoisotopic (exact) mass is 492 g/mol. The molecule has 4 aromatic carbocycles. The molecule has 36 heavy (non-hydrogen) atoms. The quantitative estimate of drug-likeness (QED) is 0.272. The van der Waals surface area contributed by atoms with Crippen molar-refractivity contribution in [2.24, 2.45) is 0 Å². The van der Waals surface area contributed by atoms with E-state index < -0.39 is 5.97 Å². The molecule has 3 nitrogen and oxygen atoms in total. The van der Waals surface area contributed by atoms with Gasteiger partial charge in [0.1, 0.15) is 5.75 Å². The predicted octanol–water partition coefficient (Wildman–Crippen LogP) is 7.45. The zero-order valence-electron chi connectivity index (χ0n) is 20.2. The Kier molecular flexibility index (Phi) is 7.24. The van der Waals surface area contributed by atoms with Crippen molar-refractivity contribution in [3.8, 4) is 16.9 Å². The van der Waals surface area contributed by atoms with Gasteiger partial charge in [-0.25, -0.2) is 4.79 Å². The molecule has 0 heterocycles. The van der Waals surface area contributed by atoms with Gasteiger partial charge in [-0.2, -0.15) is 0 Å². The molecule has 0 unspecified atom stereocenters. The summed E-state index contributed by atoms with van der Waals surface area (Å²) >= 11 is 1.77. The first kappa shape index (κ1) is 24.0. The lowest BCUT2D eigenvalue weighted by Crippen LogP contribution is -2.09. The Balaban J connectivity index is 1.42. The first-order chi connectivity index (χ1) is 17.6. The molecule has 4 aromatic rings. The van der Waals surface area contributed by atoms with Crippen LogP contribution in [0.25, 0.3) is 16.7 Å². The molecule has 180 valence electrons. The molecule has 0 aromatic heterocycles. The van der Waals surface area contributed by atoms with Crippen LogP contribution in [0.5, 0.6) is 5.75 Å². The number of carboxylic acids is 1. The fourth-order valence-corrected chi connectivity index (χ4v) is 5.61. The summed E-state index contributed by atoms with van der Waals surface area (Å²) in [4.78, 5) is 11.9. The minimum absolute atomic E-state index is 0.329. The molecule has 0 spiro atoms. The molecule has 0 bridgehead atoms. The highest BCUT2D eigenvalue weighted by Crippen LogP contribution is 2.36. The number of hydrogen-bond acceptors (Lipinski definition) is 3. The van der Waals surface area contributed by atoms with Crippen molar-refractivity contribution in [3.05, 3.63) is 125 Å². The van der Waals surface area contributed by atoms with Crippen molar-refractivity contribution in [2.75, 3.05) is 12.4 Å². The van der Waals surface area contributed by atoms with Crippen molar-refractivity contribution < 1.29 is 14.6 Å². The van der Waals surface area contributed by atoms with E-state index in [-0.39, 0.29) is 6.61 Å². The fraction of sp³-hybridized carbons (Fsp3) is 0.156. The number of carboxylic acid groups (broad SMARTS) is 1. The van der Waals surface area contributed by atoms with Crippen LogP contribution in [-0.4, -0.2) is 23.4 Å². The fourth-order valence-electron chi connectivity index (χ4n) is 4.74. The summed E-state index contributed by atoms with van der Waals surface area (Å²) in [5, 5.41) is 8.86. The number of hydrogen-bond donors (Lipinski definition) is 1. The van der Waals surface area contributed by atoms with Crippen LogP contribution in [0.1, 0.15) is 27.8 Å². The molecule has 0 saturated carbocycles. The Hall–Kier alpha value is -3.76. The summed E-state index contributed by atoms with van der Waals surface area (Å²) in [5.41, 5.74) is 10.1. The van der Waals surface area contributed by atoms with Crippen molar-refractivity contribution in [1.82, 2.24) is 0 Å². The molecule has 0 atom stereocenters. The van der Waals surface area contributed by atoms with Gasteiger partial charge in [-0.3, -0.25) is 0 Å². The summed E-state index contributed by atoms with van der Waals surface area (Å²) in [7, 11) is 0. The van der Waals surface area contributed by atoms with Crippen LogP contribution in [-0.2, 0) is 17.6 Å². The third-order valence-corrected chi connectivity index (χ3v) is 7.43. The summed E-state index contributed by atoms with van der Waals surface area (Å²) in [6, 6.07) is 32.1.